The van der Waals surface area contributed by atoms with Crippen LogP contribution in [0.15, 0.2) is 0 Å². The third kappa shape index (κ3) is 22.2. The molecule has 0 radical (unpaired) electrons. The number of hydrogen-bond donors (Lipinski definition) is 0. The molecule has 27 heavy (non-hydrogen) atoms. The molecule has 0 heteroatoms. The summed E-state index contributed by atoms with van der Waals surface area (Å²) in [4.78, 5) is 0. The summed E-state index contributed by atoms with van der Waals surface area (Å²) < 4.78 is 0. The topological polar surface area (TPSA) is 0 Å². The van der Waals surface area contributed by atoms with Crippen molar-refractivity contribution in [3.05, 3.63) is 0 Å². The molecule has 0 aliphatic carbocycles. The lowest BCUT2D eigenvalue weighted by atomic mass is 9.82. The maximum atomic E-state index is 2.51. The summed E-state index contributed by atoms with van der Waals surface area (Å²) >= 11 is 0. The highest BCUT2D eigenvalue weighted by Gasteiger charge is 2.16. The first-order valence-electron chi connectivity index (χ1n) is 13.1. The average molecular weight is 381 g/mol. The third-order valence-corrected chi connectivity index (χ3v) is 6.41. The van der Waals surface area contributed by atoms with Gasteiger partial charge in [0, 0.05) is 0 Å². The van der Waals surface area contributed by atoms with Gasteiger partial charge in [0.15, 0.2) is 0 Å². The van der Waals surface area contributed by atoms with Crippen molar-refractivity contribution >= 4 is 0 Å². The van der Waals surface area contributed by atoms with E-state index >= 15 is 0 Å². The first-order chi connectivity index (χ1) is 13.1. The van der Waals surface area contributed by atoms with Gasteiger partial charge in [-0.2, -0.15) is 0 Å². The van der Waals surface area contributed by atoms with Gasteiger partial charge in [-0.3, -0.25) is 0 Å². The van der Waals surface area contributed by atoms with Crippen molar-refractivity contribution in [1.82, 2.24) is 0 Å². The molecule has 0 saturated carbocycles. The summed E-state index contributed by atoms with van der Waals surface area (Å²) in [5.41, 5.74) is 0.584. The van der Waals surface area contributed by atoms with Gasteiger partial charge in [-0.15, -0.1) is 0 Å². The van der Waals surface area contributed by atoms with Gasteiger partial charge in [-0.05, 0) is 18.3 Å². The van der Waals surface area contributed by atoms with Crippen LogP contribution in [0.5, 0.6) is 0 Å². The first kappa shape index (κ1) is 27.0. The van der Waals surface area contributed by atoms with E-state index in [1.54, 1.807) is 0 Å². The number of rotatable bonds is 22. The van der Waals surface area contributed by atoms with E-state index in [1.165, 1.54) is 141 Å². The van der Waals surface area contributed by atoms with Gasteiger partial charge in [-0.1, -0.05) is 156 Å². The van der Waals surface area contributed by atoms with Gasteiger partial charge in [0.05, 0.1) is 0 Å². The van der Waals surface area contributed by atoms with Crippen molar-refractivity contribution in [3.63, 3.8) is 0 Å². The van der Waals surface area contributed by atoms with Crippen molar-refractivity contribution in [3.8, 4) is 0 Å². The highest BCUT2D eigenvalue weighted by molar-refractivity contribution is 4.68. The fourth-order valence-corrected chi connectivity index (χ4v) is 4.31. The standard InChI is InChI=1S/C27H56/c1-5-7-9-11-13-15-17-19-21-23-25-27(3,4)26-24-22-20-18-16-14-12-10-8-6-2/h5-26H2,1-4H3. The van der Waals surface area contributed by atoms with E-state index in [0.717, 1.165) is 0 Å². The lowest BCUT2D eigenvalue weighted by molar-refractivity contribution is 0.282. The normalized spacial score (nSPS) is 12.0. The van der Waals surface area contributed by atoms with Crippen LogP contribution in [0.4, 0.5) is 0 Å². The highest BCUT2D eigenvalue weighted by Crippen LogP contribution is 2.30. The Hall–Kier alpha value is 0. The Bertz CT molecular complexity index is 239. The van der Waals surface area contributed by atoms with Crippen LogP contribution in [-0.2, 0) is 0 Å². The summed E-state index contributed by atoms with van der Waals surface area (Å²) in [6.07, 6.45) is 32.0. The molecule has 164 valence electrons. The van der Waals surface area contributed by atoms with Gasteiger partial charge in [0.1, 0.15) is 0 Å². The van der Waals surface area contributed by atoms with E-state index in [2.05, 4.69) is 27.7 Å². The van der Waals surface area contributed by atoms with Gasteiger partial charge < -0.3 is 0 Å². The lowest BCUT2D eigenvalue weighted by Crippen LogP contribution is -2.11. The molecular weight excluding hydrogens is 324 g/mol. The Morgan fingerprint density at radius 3 is 0.815 bits per heavy atom. The van der Waals surface area contributed by atoms with Crippen molar-refractivity contribution in [2.75, 3.05) is 0 Å². The Kier molecular flexibility index (Phi) is 20.7. The second-order valence-electron chi connectivity index (χ2n) is 10.0. The zero-order valence-electron chi connectivity index (χ0n) is 20.1. The smallest absolute Gasteiger partial charge is 0.0354 e. The van der Waals surface area contributed by atoms with Gasteiger partial charge in [0.25, 0.3) is 0 Å². The molecule has 0 spiro atoms. The van der Waals surface area contributed by atoms with Crippen molar-refractivity contribution < 1.29 is 0 Å². The van der Waals surface area contributed by atoms with Gasteiger partial charge >= 0.3 is 0 Å². The summed E-state index contributed by atoms with van der Waals surface area (Å²) in [7, 11) is 0. The van der Waals surface area contributed by atoms with E-state index in [0.29, 0.717) is 5.41 Å². The summed E-state index contributed by atoms with van der Waals surface area (Å²) in [5, 5.41) is 0. The Labute approximate surface area is 174 Å². The fourth-order valence-electron chi connectivity index (χ4n) is 4.31. The van der Waals surface area contributed by atoms with E-state index in [1.807, 2.05) is 0 Å². The molecular formula is C27H56. The minimum atomic E-state index is 0.584. The molecule has 0 fully saturated rings. The molecule has 0 heterocycles. The second-order valence-corrected chi connectivity index (χ2v) is 10.0. The van der Waals surface area contributed by atoms with Crippen LogP contribution in [0, 0.1) is 5.41 Å². The Balaban J connectivity index is 3.31. The maximum absolute atomic E-state index is 2.51. The van der Waals surface area contributed by atoms with Crippen LogP contribution in [0.1, 0.15) is 169 Å². The van der Waals surface area contributed by atoms with E-state index in [-0.39, 0.29) is 0 Å². The monoisotopic (exact) mass is 380 g/mol. The molecule has 0 aromatic rings. The van der Waals surface area contributed by atoms with Crippen LogP contribution in [0.3, 0.4) is 0 Å². The van der Waals surface area contributed by atoms with E-state index < -0.39 is 0 Å². The van der Waals surface area contributed by atoms with Crippen LogP contribution < -0.4 is 0 Å². The molecule has 0 bridgehead atoms. The fraction of sp³-hybridized carbons (Fsp3) is 1.00. The second kappa shape index (κ2) is 20.7. The van der Waals surface area contributed by atoms with Crippen molar-refractivity contribution in [2.45, 2.75) is 169 Å². The molecule has 0 aliphatic rings. The minimum Gasteiger partial charge on any atom is -0.0654 e. The molecule has 0 unspecified atom stereocenters. The van der Waals surface area contributed by atoms with Crippen LogP contribution >= 0.6 is 0 Å². The molecule has 0 aliphatic heterocycles. The molecule has 0 aromatic carbocycles. The molecule has 0 aromatic heterocycles. The maximum Gasteiger partial charge on any atom is -0.0354 e. The average Bonchev–Trinajstić information content (AvgIpc) is 2.64. The third-order valence-electron chi connectivity index (χ3n) is 6.41. The summed E-state index contributed by atoms with van der Waals surface area (Å²) in [5.74, 6) is 0. The first-order valence-corrected chi connectivity index (χ1v) is 13.1. The Morgan fingerprint density at radius 2 is 0.556 bits per heavy atom. The zero-order valence-corrected chi connectivity index (χ0v) is 20.1. The summed E-state index contributed by atoms with van der Waals surface area (Å²) in [6, 6.07) is 0. The number of hydrogen-bond acceptors (Lipinski definition) is 0. The largest absolute Gasteiger partial charge is 0.0654 e. The molecule has 0 N–H and O–H groups in total. The van der Waals surface area contributed by atoms with Crippen LogP contribution in [-0.4, -0.2) is 0 Å². The van der Waals surface area contributed by atoms with Crippen molar-refractivity contribution in [2.24, 2.45) is 5.41 Å². The molecule has 0 atom stereocenters. The van der Waals surface area contributed by atoms with Gasteiger partial charge in [0.2, 0.25) is 0 Å². The Morgan fingerprint density at radius 1 is 0.333 bits per heavy atom. The lowest BCUT2D eigenvalue weighted by Gasteiger charge is -2.24. The van der Waals surface area contributed by atoms with Crippen molar-refractivity contribution in [1.29, 1.82) is 0 Å². The molecule has 0 nitrogen and oxygen atoms in total. The predicted octanol–water partition coefficient (Wildman–Crippen LogP) is 10.6. The minimum absolute atomic E-state index is 0.584. The van der Waals surface area contributed by atoms with Crippen LogP contribution in [0.25, 0.3) is 0 Å². The SMILES string of the molecule is CCCCCCCCCCCCC(C)(C)CCCCCCCCCCCC. The highest BCUT2D eigenvalue weighted by atomic mass is 14.2. The number of unbranched alkanes of at least 4 members (excludes halogenated alkanes) is 18. The summed E-state index contributed by atoms with van der Waals surface area (Å²) in [6.45, 7) is 9.62. The zero-order chi connectivity index (χ0) is 20.1. The van der Waals surface area contributed by atoms with Gasteiger partial charge in [-0.25, -0.2) is 0 Å². The quantitative estimate of drug-likeness (QED) is 0.164. The molecule has 0 rings (SSSR count). The van der Waals surface area contributed by atoms with E-state index in [9.17, 15) is 0 Å². The molecule has 0 saturated heterocycles. The van der Waals surface area contributed by atoms with Crippen LogP contribution in [0.2, 0.25) is 0 Å². The molecule has 0 amide bonds. The van der Waals surface area contributed by atoms with E-state index in [4.69, 9.17) is 0 Å². The predicted molar refractivity (Wildman–Crippen MR) is 127 cm³/mol.